The van der Waals surface area contributed by atoms with Crippen LogP contribution in [0.5, 0.6) is 0 Å². The molecule has 0 aliphatic carbocycles. The van der Waals surface area contributed by atoms with Crippen molar-refractivity contribution in [2.75, 3.05) is 27.2 Å². The Bertz CT molecular complexity index is 1600. The Morgan fingerprint density at radius 2 is 1.02 bits per heavy atom. The number of likely N-dealkylation sites (tertiary alicyclic amines) is 2. The van der Waals surface area contributed by atoms with Crippen molar-refractivity contribution in [3.05, 3.63) is 72.6 Å². The average Bonchev–Trinajstić information content (AvgIpc) is 3.95. The van der Waals surface area contributed by atoms with Crippen molar-refractivity contribution in [2.24, 2.45) is 11.8 Å². The molecule has 2 saturated heterocycles. The lowest BCUT2D eigenvalue weighted by atomic mass is 10.0. The topological polar surface area (TPSA) is 122 Å². The number of amides is 2. The van der Waals surface area contributed by atoms with Gasteiger partial charge in [0.1, 0.15) is 11.6 Å². The monoisotopic (exact) mass is 678 g/mol. The molecule has 2 aliphatic rings. The van der Waals surface area contributed by atoms with Crippen LogP contribution >= 0.6 is 0 Å². The molecule has 4 heterocycles. The molecule has 1 unspecified atom stereocenters. The first-order chi connectivity index (χ1) is 24.2. The molecule has 2 amide bonds. The summed E-state index contributed by atoms with van der Waals surface area (Å²) in [6, 6.07) is 16.6. The second-order valence-electron chi connectivity index (χ2n) is 14.8. The number of benzene rings is 2. The van der Waals surface area contributed by atoms with Crippen LogP contribution in [0.25, 0.3) is 33.6 Å². The Morgan fingerprint density at radius 3 is 1.36 bits per heavy atom. The van der Waals surface area contributed by atoms with Crippen LogP contribution in [0.2, 0.25) is 0 Å². The molecule has 0 spiro atoms. The van der Waals surface area contributed by atoms with Gasteiger partial charge in [-0.2, -0.15) is 0 Å². The summed E-state index contributed by atoms with van der Waals surface area (Å²) in [5, 5.41) is 6.46. The minimum absolute atomic E-state index is 0.0250. The zero-order chi connectivity index (χ0) is 35.4. The number of rotatable bonds is 13. The van der Waals surface area contributed by atoms with Crippen molar-refractivity contribution < 1.29 is 9.59 Å². The number of imidazole rings is 2. The molecular weight excluding hydrogens is 624 g/mol. The molecule has 0 radical (unpaired) electrons. The van der Waals surface area contributed by atoms with Crippen LogP contribution in [0.1, 0.15) is 90.0 Å². The molecule has 6 rings (SSSR count). The van der Waals surface area contributed by atoms with Gasteiger partial charge in [0.15, 0.2) is 0 Å². The summed E-state index contributed by atoms with van der Waals surface area (Å²) in [6.07, 6.45) is 9.20. The second kappa shape index (κ2) is 15.7. The van der Waals surface area contributed by atoms with Crippen LogP contribution in [-0.4, -0.2) is 80.8 Å². The highest BCUT2D eigenvalue weighted by Crippen LogP contribution is 2.35. The van der Waals surface area contributed by atoms with E-state index in [9.17, 15) is 9.59 Å². The number of hydrogen-bond donors (Lipinski definition) is 4. The molecule has 2 aliphatic heterocycles. The summed E-state index contributed by atoms with van der Waals surface area (Å²) in [7, 11) is 3.75. The Morgan fingerprint density at radius 1 is 0.660 bits per heavy atom. The lowest BCUT2D eigenvalue weighted by Gasteiger charge is -2.28. The predicted octanol–water partition coefficient (Wildman–Crippen LogP) is 6.73. The molecule has 266 valence electrons. The first kappa shape index (κ1) is 35.5. The van der Waals surface area contributed by atoms with E-state index >= 15 is 0 Å². The van der Waals surface area contributed by atoms with E-state index < -0.39 is 0 Å². The molecule has 2 aromatic heterocycles. The molecule has 0 saturated carbocycles. The van der Waals surface area contributed by atoms with E-state index in [1.807, 2.05) is 36.3 Å². The molecular formula is C40H54N8O2. The normalized spacial score (nSPS) is 19.1. The number of nitrogens with one attached hydrogen (secondary N) is 4. The summed E-state index contributed by atoms with van der Waals surface area (Å²) >= 11 is 0. The Balaban J connectivity index is 1.10. The molecule has 4 aromatic rings. The van der Waals surface area contributed by atoms with Gasteiger partial charge in [-0.1, -0.05) is 76.2 Å². The molecule has 2 fully saturated rings. The number of carbonyl (C=O) groups is 2. The minimum Gasteiger partial charge on any atom is -0.340 e. The number of aromatic nitrogens is 4. The summed E-state index contributed by atoms with van der Waals surface area (Å²) < 4.78 is 0. The van der Waals surface area contributed by atoms with Gasteiger partial charge in [-0.25, -0.2) is 9.97 Å². The van der Waals surface area contributed by atoms with E-state index in [2.05, 4.69) is 96.8 Å². The van der Waals surface area contributed by atoms with E-state index in [1.165, 1.54) is 0 Å². The summed E-state index contributed by atoms with van der Waals surface area (Å²) in [6.45, 7) is 10.1. The van der Waals surface area contributed by atoms with E-state index in [4.69, 9.17) is 9.97 Å². The van der Waals surface area contributed by atoms with E-state index in [0.29, 0.717) is 11.8 Å². The largest absolute Gasteiger partial charge is 0.340 e. The van der Waals surface area contributed by atoms with Gasteiger partial charge in [-0.3, -0.25) is 9.59 Å². The highest BCUT2D eigenvalue weighted by Gasteiger charge is 2.36. The third-order valence-corrected chi connectivity index (χ3v) is 10.3. The highest BCUT2D eigenvalue weighted by molar-refractivity contribution is 5.83. The number of H-pyrrole nitrogens is 2. The van der Waals surface area contributed by atoms with Gasteiger partial charge in [0.25, 0.3) is 0 Å². The average molecular weight is 679 g/mol. The molecule has 50 heavy (non-hydrogen) atoms. The summed E-state index contributed by atoms with van der Waals surface area (Å²) in [5.74, 6) is 2.92. The molecule has 10 heteroatoms. The van der Waals surface area contributed by atoms with E-state index in [0.717, 1.165) is 96.9 Å². The predicted molar refractivity (Wildman–Crippen MR) is 199 cm³/mol. The van der Waals surface area contributed by atoms with E-state index in [1.54, 1.807) is 0 Å². The maximum atomic E-state index is 13.4. The summed E-state index contributed by atoms with van der Waals surface area (Å²) in [4.78, 5) is 47.3. The zero-order valence-electron chi connectivity index (χ0n) is 30.5. The minimum atomic E-state index is -0.172. The Hall–Kier alpha value is -4.28. The van der Waals surface area contributed by atoms with Gasteiger partial charge in [-0.15, -0.1) is 0 Å². The fourth-order valence-electron chi connectivity index (χ4n) is 7.65. The lowest BCUT2D eigenvalue weighted by molar-refractivity contribution is -0.135. The molecule has 0 bridgehead atoms. The standard InChI is InChI=1S/C40H54N8O2/c1-25(2)21-31(41-5)39(49)47-19-7-9-35(47)37-43-23-33(45-37)29-15-11-27(12-16-29)28-13-17-30(18-14-28)34-24-44-38(46-34)36-10-8-20-48(36)40(50)32(42-6)22-26(3)4/h11-18,23-26,31-32,35-36,41-42H,7-10,19-22H2,1-6H3,(H,43,45)(H,44,46)/t31-,32?,35-,36-/m0/s1. The fourth-order valence-corrected chi connectivity index (χ4v) is 7.65. The quantitative estimate of drug-likeness (QED) is 0.124. The van der Waals surface area contributed by atoms with Gasteiger partial charge in [0.05, 0.1) is 47.9 Å². The Kier molecular flexibility index (Phi) is 11.2. The van der Waals surface area contributed by atoms with E-state index in [-0.39, 0.29) is 36.0 Å². The van der Waals surface area contributed by atoms with Crippen LogP contribution in [0.4, 0.5) is 0 Å². The van der Waals surface area contributed by atoms with Crippen molar-refractivity contribution in [2.45, 2.75) is 90.4 Å². The maximum Gasteiger partial charge on any atom is 0.240 e. The fraction of sp³-hybridized carbons (Fsp3) is 0.500. The number of hydrogen-bond acceptors (Lipinski definition) is 6. The maximum absolute atomic E-state index is 13.4. The Labute approximate surface area is 296 Å². The number of carbonyl (C=O) groups excluding carboxylic acids is 2. The first-order valence-electron chi connectivity index (χ1n) is 18.4. The SMILES string of the molecule is CNC(CC(C)C)C(=O)N1CCC[C@H]1c1ncc(-c2ccc(-c3ccc(-c4cnc([C@@H]5CCCN5C(=O)[C@H](CC(C)C)NC)[nH]4)cc3)cc2)[nH]1. The number of aromatic amines is 2. The lowest BCUT2D eigenvalue weighted by Crippen LogP contribution is -2.45. The van der Waals surface area contributed by atoms with Crippen LogP contribution < -0.4 is 10.6 Å². The highest BCUT2D eigenvalue weighted by atomic mass is 16.2. The van der Waals surface area contributed by atoms with Crippen molar-refractivity contribution >= 4 is 11.8 Å². The smallest absolute Gasteiger partial charge is 0.240 e. The third-order valence-electron chi connectivity index (χ3n) is 10.3. The van der Waals surface area contributed by atoms with Gasteiger partial charge in [0.2, 0.25) is 11.8 Å². The molecule has 4 N–H and O–H groups in total. The van der Waals surface area contributed by atoms with Crippen molar-refractivity contribution in [1.82, 2.24) is 40.4 Å². The van der Waals surface area contributed by atoms with Gasteiger partial charge >= 0.3 is 0 Å². The van der Waals surface area contributed by atoms with Crippen molar-refractivity contribution in [3.8, 4) is 33.6 Å². The van der Waals surface area contributed by atoms with Gasteiger partial charge in [0, 0.05) is 13.1 Å². The van der Waals surface area contributed by atoms with Crippen LogP contribution in [0.15, 0.2) is 60.9 Å². The first-order valence-corrected chi connectivity index (χ1v) is 18.4. The molecule has 10 nitrogen and oxygen atoms in total. The number of likely N-dealkylation sites (N-methyl/N-ethyl adjacent to an activating group) is 2. The number of nitrogens with zero attached hydrogens (tertiary/aromatic N) is 4. The molecule has 4 atom stereocenters. The summed E-state index contributed by atoms with van der Waals surface area (Å²) in [5.41, 5.74) is 6.27. The second-order valence-corrected chi connectivity index (χ2v) is 14.8. The van der Waals surface area contributed by atoms with Crippen molar-refractivity contribution in [3.63, 3.8) is 0 Å². The van der Waals surface area contributed by atoms with Gasteiger partial charge < -0.3 is 30.4 Å². The van der Waals surface area contributed by atoms with Crippen molar-refractivity contribution in [1.29, 1.82) is 0 Å². The zero-order valence-corrected chi connectivity index (χ0v) is 30.5. The van der Waals surface area contributed by atoms with Crippen LogP contribution in [-0.2, 0) is 9.59 Å². The third kappa shape index (κ3) is 7.71. The molecule has 2 aromatic carbocycles. The van der Waals surface area contributed by atoms with Crippen LogP contribution in [0, 0.1) is 11.8 Å². The van der Waals surface area contributed by atoms with Gasteiger partial charge in [-0.05, 0) is 86.7 Å². The van der Waals surface area contributed by atoms with Crippen LogP contribution in [0.3, 0.4) is 0 Å².